The molecule has 0 bridgehead atoms. The minimum Gasteiger partial charge on any atom is -0.256 e. The molecule has 0 atom stereocenters. The Hall–Kier alpha value is -1.81. The molecule has 112 valence electrons. The predicted molar refractivity (Wildman–Crippen MR) is 93.0 cm³/mol. The molecule has 0 aliphatic carbocycles. The summed E-state index contributed by atoms with van der Waals surface area (Å²) < 4.78 is 0. The van der Waals surface area contributed by atoms with Crippen molar-refractivity contribution in [2.75, 3.05) is 0 Å². The molecule has 0 aliphatic rings. The zero-order valence-electron chi connectivity index (χ0n) is 14.0. The lowest BCUT2D eigenvalue weighted by molar-refractivity contribution is 0.380. The van der Waals surface area contributed by atoms with E-state index in [9.17, 15) is 0 Å². The van der Waals surface area contributed by atoms with Crippen molar-refractivity contribution in [3.8, 4) is 12.3 Å². The molecule has 0 aliphatic heterocycles. The Morgan fingerprint density at radius 1 is 1.14 bits per heavy atom. The van der Waals surface area contributed by atoms with Crippen LogP contribution in [0.4, 0.5) is 0 Å². The average molecular weight is 281 g/mol. The molecule has 0 unspecified atom stereocenters. The van der Waals surface area contributed by atoms with Crippen molar-refractivity contribution in [2.45, 2.75) is 59.3 Å². The number of rotatable bonds is 6. The van der Waals surface area contributed by atoms with Crippen molar-refractivity contribution in [2.24, 2.45) is 0 Å². The molecular weight excluding hydrogens is 254 g/mol. The zero-order chi connectivity index (χ0) is 15.9. The van der Waals surface area contributed by atoms with E-state index in [0.29, 0.717) is 0 Å². The van der Waals surface area contributed by atoms with Gasteiger partial charge < -0.3 is 0 Å². The minimum atomic E-state index is 0.267. The topological polar surface area (TPSA) is 12.9 Å². The molecule has 0 amide bonds. The van der Waals surface area contributed by atoms with Crippen LogP contribution in [0.25, 0.3) is 5.57 Å². The highest BCUT2D eigenvalue weighted by Crippen LogP contribution is 2.34. The van der Waals surface area contributed by atoms with Gasteiger partial charge in [-0.15, -0.1) is 6.42 Å². The van der Waals surface area contributed by atoms with Gasteiger partial charge in [-0.25, -0.2) is 0 Å². The molecule has 1 aromatic heterocycles. The van der Waals surface area contributed by atoms with Gasteiger partial charge in [-0.2, -0.15) is 0 Å². The first-order valence-electron chi connectivity index (χ1n) is 7.81. The van der Waals surface area contributed by atoms with Crippen LogP contribution in [0.15, 0.2) is 36.1 Å². The molecule has 1 rings (SSSR count). The molecule has 21 heavy (non-hydrogen) atoms. The van der Waals surface area contributed by atoms with Gasteiger partial charge in [0.1, 0.15) is 0 Å². The van der Waals surface area contributed by atoms with E-state index in [0.717, 1.165) is 36.1 Å². The second-order valence-corrected chi connectivity index (χ2v) is 5.62. The molecule has 1 heterocycles. The highest BCUT2D eigenvalue weighted by atomic mass is 14.7. The van der Waals surface area contributed by atoms with Crippen molar-refractivity contribution < 1.29 is 0 Å². The Balaban J connectivity index is 3.06. The number of nitrogens with zero attached hydrogens (tertiary/aromatic N) is 1. The van der Waals surface area contributed by atoms with Gasteiger partial charge in [0, 0.05) is 6.20 Å². The lowest BCUT2D eigenvalue weighted by atomic mass is 9.74. The van der Waals surface area contributed by atoms with E-state index in [4.69, 9.17) is 6.42 Å². The Bertz CT molecular complexity index is 540. The first-order valence-corrected chi connectivity index (χ1v) is 7.81. The average Bonchev–Trinajstić information content (AvgIpc) is 2.55. The van der Waals surface area contributed by atoms with E-state index in [1.54, 1.807) is 0 Å². The van der Waals surface area contributed by atoms with Gasteiger partial charge >= 0.3 is 0 Å². The van der Waals surface area contributed by atoms with E-state index >= 15 is 0 Å². The van der Waals surface area contributed by atoms with Crippen LogP contribution in [0, 0.1) is 12.3 Å². The van der Waals surface area contributed by atoms with E-state index in [1.807, 2.05) is 25.3 Å². The number of hydrogen-bond donors (Lipinski definition) is 0. The van der Waals surface area contributed by atoms with Crippen molar-refractivity contribution in [1.82, 2.24) is 4.98 Å². The lowest BCUT2D eigenvalue weighted by Gasteiger charge is -2.30. The fourth-order valence-corrected chi connectivity index (χ4v) is 2.69. The maximum Gasteiger partial charge on any atom is 0.0658 e. The van der Waals surface area contributed by atoms with Crippen molar-refractivity contribution in [1.29, 1.82) is 0 Å². The summed E-state index contributed by atoms with van der Waals surface area (Å²) in [5.41, 5.74) is 4.68. The van der Waals surface area contributed by atoms with Crippen LogP contribution >= 0.6 is 0 Å². The van der Waals surface area contributed by atoms with Crippen molar-refractivity contribution >= 4 is 5.57 Å². The Labute approximate surface area is 130 Å². The maximum absolute atomic E-state index is 5.35. The summed E-state index contributed by atoms with van der Waals surface area (Å²) in [6.07, 6.45) is 14.8. The molecule has 0 N–H and O–H groups in total. The van der Waals surface area contributed by atoms with Crippen LogP contribution in [-0.4, -0.2) is 4.98 Å². The van der Waals surface area contributed by atoms with Gasteiger partial charge in [0.05, 0.1) is 5.69 Å². The van der Waals surface area contributed by atoms with Gasteiger partial charge in [-0.3, -0.25) is 4.98 Å². The lowest BCUT2D eigenvalue weighted by Crippen LogP contribution is -2.23. The maximum atomic E-state index is 5.35. The first-order chi connectivity index (χ1) is 10.0. The molecule has 0 radical (unpaired) electrons. The molecule has 0 saturated carbocycles. The number of terminal acetylenes is 1. The fraction of sp³-hybridized carbons (Fsp3) is 0.450. The fourth-order valence-electron chi connectivity index (χ4n) is 2.69. The highest BCUT2D eigenvalue weighted by Gasteiger charge is 2.26. The SMILES string of the molecule is C#C/C(C)=C\C=C(/C)c1ccc(C(CC)(CC)CC)cn1. The van der Waals surface area contributed by atoms with Gasteiger partial charge in [0.15, 0.2) is 0 Å². The minimum absolute atomic E-state index is 0.267. The van der Waals surface area contributed by atoms with Crippen LogP contribution < -0.4 is 0 Å². The Kier molecular flexibility index (Phi) is 6.43. The third-order valence-corrected chi connectivity index (χ3v) is 4.62. The Morgan fingerprint density at radius 2 is 1.76 bits per heavy atom. The number of aromatic nitrogens is 1. The molecular formula is C20H27N. The quantitative estimate of drug-likeness (QED) is 0.493. The first kappa shape index (κ1) is 17.2. The molecule has 0 aromatic carbocycles. The molecule has 0 spiro atoms. The summed E-state index contributed by atoms with van der Waals surface area (Å²) in [7, 11) is 0. The normalized spacial score (nSPS) is 13.1. The van der Waals surface area contributed by atoms with Gasteiger partial charge in [0.2, 0.25) is 0 Å². The van der Waals surface area contributed by atoms with Crippen LogP contribution in [0.3, 0.4) is 0 Å². The van der Waals surface area contributed by atoms with Gasteiger partial charge in [-0.1, -0.05) is 44.9 Å². The second-order valence-electron chi connectivity index (χ2n) is 5.62. The van der Waals surface area contributed by atoms with Crippen molar-refractivity contribution in [3.63, 3.8) is 0 Å². The van der Waals surface area contributed by atoms with Crippen LogP contribution in [0.2, 0.25) is 0 Å². The second kappa shape index (κ2) is 7.84. The van der Waals surface area contributed by atoms with Crippen molar-refractivity contribution in [3.05, 3.63) is 47.3 Å². The predicted octanol–water partition coefficient (Wildman–Crippen LogP) is 5.53. The van der Waals surface area contributed by atoms with Crippen LogP contribution in [-0.2, 0) is 5.41 Å². The molecule has 1 nitrogen and oxygen atoms in total. The van der Waals surface area contributed by atoms with E-state index in [-0.39, 0.29) is 5.41 Å². The third-order valence-electron chi connectivity index (χ3n) is 4.62. The summed E-state index contributed by atoms with van der Waals surface area (Å²) in [6.45, 7) is 10.8. The highest BCUT2D eigenvalue weighted by molar-refractivity contribution is 5.62. The number of pyridine rings is 1. The number of hydrogen-bond acceptors (Lipinski definition) is 1. The number of allylic oxidation sites excluding steroid dienone is 4. The third kappa shape index (κ3) is 4.08. The summed E-state index contributed by atoms with van der Waals surface area (Å²) in [4.78, 5) is 4.64. The molecule has 1 heteroatoms. The Morgan fingerprint density at radius 3 is 2.19 bits per heavy atom. The summed E-state index contributed by atoms with van der Waals surface area (Å²) >= 11 is 0. The van der Waals surface area contributed by atoms with Crippen LogP contribution in [0.5, 0.6) is 0 Å². The summed E-state index contributed by atoms with van der Waals surface area (Å²) in [5, 5.41) is 0. The molecule has 1 aromatic rings. The largest absolute Gasteiger partial charge is 0.256 e. The molecule has 0 saturated heterocycles. The summed E-state index contributed by atoms with van der Waals surface area (Å²) in [6, 6.07) is 4.35. The summed E-state index contributed by atoms with van der Waals surface area (Å²) in [5.74, 6) is 2.62. The monoisotopic (exact) mass is 281 g/mol. The zero-order valence-corrected chi connectivity index (χ0v) is 14.0. The van der Waals surface area contributed by atoms with E-state index in [1.165, 1.54) is 5.56 Å². The van der Waals surface area contributed by atoms with Gasteiger partial charge in [-0.05, 0) is 61.3 Å². The molecule has 0 fully saturated rings. The van der Waals surface area contributed by atoms with Crippen LogP contribution in [0.1, 0.15) is 65.1 Å². The van der Waals surface area contributed by atoms with E-state index < -0.39 is 0 Å². The van der Waals surface area contributed by atoms with Gasteiger partial charge in [0.25, 0.3) is 0 Å². The standard InChI is InChI=1S/C20H27N/c1-7-16(5)11-12-17(6)19-14-13-18(15-21-19)20(8-2,9-3)10-4/h1,11-15H,8-10H2,2-6H3/b16-11-,17-12+. The smallest absolute Gasteiger partial charge is 0.0658 e. The van der Waals surface area contributed by atoms with E-state index in [2.05, 4.69) is 50.7 Å².